The highest BCUT2D eigenvalue weighted by Gasteiger charge is 1.96. The van der Waals surface area contributed by atoms with Gasteiger partial charge in [-0.15, -0.1) is 0 Å². The number of carbonyl (C=O) groups excluding carboxylic acids is 1. The van der Waals surface area contributed by atoms with E-state index in [9.17, 15) is 4.79 Å². The van der Waals surface area contributed by atoms with E-state index in [-0.39, 0.29) is 12.3 Å². The SMILES string of the molecule is CC(=O)CN=C(C)OCc1ccc(N)cc1. The fraction of sp³-hybridized carbons (Fsp3) is 0.333. The highest BCUT2D eigenvalue weighted by molar-refractivity contribution is 5.81. The van der Waals surface area contributed by atoms with E-state index >= 15 is 0 Å². The molecule has 0 atom stereocenters. The Labute approximate surface area is 95.1 Å². The maximum atomic E-state index is 10.7. The van der Waals surface area contributed by atoms with Crippen LogP contribution >= 0.6 is 0 Å². The number of Topliss-reactive ketones (excluding diaryl/α,β-unsaturated/α-hetero) is 1. The first-order valence-electron chi connectivity index (χ1n) is 5.05. The van der Waals surface area contributed by atoms with E-state index in [1.807, 2.05) is 24.3 Å². The zero-order valence-corrected chi connectivity index (χ0v) is 9.56. The van der Waals surface area contributed by atoms with E-state index in [0.717, 1.165) is 11.3 Å². The summed E-state index contributed by atoms with van der Waals surface area (Å²) in [7, 11) is 0. The molecule has 4 heteroatoms. The summed E-state index contributed by atoms with van der Waals surface area (Å²) in [6, 6.07) is 7.43. The van der Waals surface area contributed by atoms with Crippen molar-refractivity contribution in [3.8, 4) is 0 Å². The lowest BCUT2D eigenvalue weighted by Gasteiger charge is -2.05. The molecule has 0 amide bonds. The summed E-state index contributed by atoms with van der Waals surface area (Å²) in [5.41, 5.74) is 7.31. The number of hydrogen-bond acceptors (Lipinski definition) is 4. The number of benzene rings is 1. The number of carbonyl (C=O) groups is 1. The van der Waals surface area contributed by atoms with E-state index in [2.05, 4.69) is 4.99 Å². The smallest absolute Gasteiger partial charge is 0.180 e. The molecule has 0 aromatic heterocycles. The molecule has 0 spiro atoms. The van der Waals surface area contributed by atoms with Crippen molar-refractivity contribution in [1.29, 1.82) is 0 Å². The normalized spacial score (nSPS) is 11.2. The highest BCUT2D eigenvalue weighted by atomic mass is 16.5. The van der Waals surface area contributed by atoms with E-state index < -0.39 is 0 Å². The molecule has 86 valence electrons. The zero-order valence-electron chi connectivity index (χ0n) is 9.56. The lowest BCUT2D eigenvalue weighted by Crippen LogP contribution is -2.04. The predicted octanol–water partition coefficient (Wildman–Crippen LogP) is 1.79. The van der Waals surface area contributed by atoms with Gasteiger partial charge in [0.25, 0.3) is 0 Å². The molecule has 1 aromatic rings. The quantitative estimate of drug-likeness (QED) is 0.478. The van der Waals surface area contributed by atoms with E-state index in [1.165, 1.54) is 6.92 Å². The van der Waals surface area contributed by atoms with Gasteiger partial charge in [0.15, 0.2) is 11.7 Å². The fourth-order valence-electron chi connectivity index (χ4n) is 1.07. The van der Waals surface area contributed by atoms with Crippen molar-refractivity contribution < 1.29 is 9.53 Å². The van der Waals surface area contributed by atoms with Gasteiger partial charge < -0.3 is 10.5 Å². The van der Waals surface area contributed by atoms with Crippen molar-refractivity contribution in [2.24, 2.45) is 4.99 Å². The van der Waals surface area contributed by atoms with Gasteiger partial charge in [-0.2, -0.15) is 0 Å². The summed E-state index contributed by atoms with van der Waals surface area (Å²) in [6.07, 6.45) is 0. The summed E-state index contributed by atoms with van der Waals surface area (Å²) in [5, 5.41) is 0. The Morgan fingerprint density at radius 1 is 1.31 bits per heavy atom. The van der Waals surface area contributed by atoms with Gasteiger partial charge in [-0.05, 0) is 24.6 Å². The maximum absolute atomic E-state index is 10.7. The second kappa shape index (κ2) is 5.90. The molecule has 0 saturated carbocycles. The number of hydrogen-bond donors (Lipinski definition) is 1. The van der Waals surface area contributed by atoms with Gasteiger partial charge in [-0.3, -0.25) is 4.79 Å². The molecule has 0 aliphatic heterocycles. The molecule has 16 heavy (non-hydrogen) atoms. The van der Waals surface area contributed by atoms with Crippen molar-refractivity contribution in [3.05, 3.63) is 29.8 Å². The summed E-state index contributed by atoms with van der Waals surface area (Å²) >= 11 is 0. The van der Waals surface area contributed by atoms with Crippen LogP contribution in [0.4, 0.5) is 5.69 Å². The molecule has 0 aliphatic carbocycles. The number of nitrogen functional groups attached to an aromatic ring is 1. The van der Waals surface area contributed by atoms with Gasteiger partial charge in [-0.25, -0.2) is 4.99 Å². The number of nitrogens with two attached hydrogens (primary N) is 1. The van der Waals surface area contributed by atoms with Crippen LogP contribution in [0.15, 0.2) is 29.3 Å². The van der Waals surface area contributed by atoms with Crippen LogP contribution < -0.4 is 5.73 Å². The Balaban J connectivity index is 2.42. The Hall–Kier alpha value is -1.84. The van der Waals surface area contributed by atoms with Gasteiger partial charge in [0.05, 0.1) is 0 Å². The molecule has 0 radical (unpaired) electrons. The lowest BCUT2D eigenvalue weighted by atomic mass is 10.2. The first kappa shape index (κ1) is 12.2. The van der Waals surface area contributed by atoms with Crippen LogP contribution in [0.5, 0.6) is 0 Å². The monoisotopic (exact) mass is 220 g/mol. The summed E-state index contributed by atoms with van der Waals surface area (Å²) in [6.45, 7) is 3.85. The van der Waals surface area contributed by atoms with Crippen molar-refractivity contribution >= 4 is 17.4 Å². The minimum absolute atomic E-state index is 0.0236. The minimum atomic E-state index is 0.0236. The molecule has 2 N–H and O–H groups in total. The summed E-state index contributed by atoms with van der Waals surface area (Å²) in [5.74, 6) is 0.544. The Kier molecular flexibility index (Phi) is 4.51. The molecule has 0 heterocycles. The molecule has 0 unspecified atom stereocenters. The molecule has 0 aliphatic rings. The van der Waals surface area contributed by atoms with E-state index in [0.29, 0.717) is 12.5 Å². The number of aliphatic imine (C=N–C) groups is 1. The van der Waals surface area contributed by atoms with Crippen LogP contribution in [0, 0.1) is 0 Å². The molecule has 1 aromatic carbocycles. The molecule has 4 nitrogen and oxygen atoms in total. The first-order valence-corrected chi connectivity index (χ1v) is 5.05. The molecule has 0 saturated heterocycles. The van der Waals surface area contributed by atoms with E-state index in [4.69, 9.17) is 10.5 Å². The first-order chi connectivity index (χ1) is 7.58. The van der Waals surface area contributed by atoms with Gasteiger partial charge in [0.1, 0.15) is 13.2 Å². The largest absolute Gasteiger partial charge is 0.476 e. The fourth-order valence-corrected chi connectivity index (χ4v) is 1.07. The van der Waals surface area contributed by atoms with Crippen LogP contribution in [0.1, 0.15) is 19.4 Å². The standard InChI is InChI=1S/C12H16N2O2/c1-9(15)7-14-10(2)16-8-11-3-5-12(13)6-4-11/h3-6H,7-8,13H2,1-2H3. The number of rotatable bonds is 4. The maximum Gasteiger partial charge on any atom is 0.180 e. The number of ether oxygens (including phenoxy) is 1. The van der Waals surface area contributed by atoms with E-state index in [1.54, 1.807) is 6.92 Å². The van der Waals surface area contributed by atoms with Crippen molar-refractivity contribution in [3.63, 3.8) is 0 Å². The zero-order chi connectivity index (χ0) is 12.0. The second-order valence-corrected chi connectivity index (χ2v) is 3.57. The third-order valence-electron chi connectivity index (χ3n) is 1.95. The third-order valence-corrected chi connectivity index (χ3v) is 1.95. The molecular formula is C12H16N2O2. The Morgan fingerprint density at radius 2 is 1.94 bits per heavy atom. The van der Waals surface area contributed by atoms with Gasteiger partial charge >= 0.3 is 0 Å². The van der Waals surface area contributed by atoms with Crippen LogP contribution in [0.2, 0.25) is 0 Å². The van der Waals surface area contributed by atoms with Crippen molar-refractivity contribution in [1.82, 2.24) is 0 Å². The Bertz CT molecular complexity index is 383. The average Bonchev–Trinajstić information content (AvgIpc) is 2.25. The van der Waals surface area contributed by atoms with Crippen LogP contribution in [0.25, 0.3) is 0 Å². The number of ketones is 1. The highest BCUT2D eigenvalue weighted by Crippen LogP contribution is 2.06. The summed E-state index contributed by atoms with van der Waals surface area (Å²) in [4.78, 5) is 14.7. The van der Waals surface area contributed by atoms with Gasteiger partial charge in [-0.1, -0.05) is 12.1 Å². The predicted molar refractivity (Wildman–Crippen MR) is 64.3 cm³/mol. The Morgan fingerprint density at radius 3 is 2.50 bits per heavy atom. The average molecular weight is 220 g/mol. The van der Waals surface area contributed by atoms with Crippen LogP contribution in [-0.4, -0.2) is 18.2 Å². The number of nitrogens with zero attached hydrogens (tertiary/aromatic N) is 1. The molecule has 1 rings (SSSR count). The van der Waals surface area contributed by atoms with Crippen LogP contribution in [-0.2, 0) is 16.1 Å². The van der Waals surface area contributed by atoms with Crippen LogP contribution in [0.3, 0.4) is 0 Å². The molecular weight excluding hydrogens is 204 g/mol. The molecule has 0 fully saturated rings. The van der Waals surface area contributed by atoms with Crippen molar-refractivity contribution in [2.45, 2.75) is 20.5 Å². The third kappa shape index (κ3) is 4.59. The topological polar surface area (TPSA) is 64.7 Å². The second-order valence-electron chi connectivity index (χ2n) is 3.57. The van der Waals surface area contributed by atoms with Crippen molar-refractivity contribution in [2.75, 3.05) is 12.3 Å². The lowest BCUT2D eigenvalue weighted by molar-refractivity contribution is -0.115. The number of anilines is 1. The van der Waals surface area contributed by atoms with Gasteiger partial charge in [0, 0.05) is 12.6 Å². The summed E-state index contributed by atoms with van der Waals surface area (Å²) < 4.78 is 5.38. The minimum Gasteiger partial charge on any atom is -0.476 e. The molecule has 0 bridgehead atoms. The van der Waals surface area contributed by atoms with Gasteiger partial charge in [0.2, 0.25) is 0 Å².